The van der Waals surface area contributed by atoms with E-state index >= 15 is 0 Å². The lowest BCUT2D eigenvalue weighted by molar-refractivity contribution is -0.128. The molecule has 1 aromatic carbocycles. The number of nitrogens with one attached hydrogen (secondary N) is 3. The minimum Gasteiger partial charge on any atom is -0.479 e. The highest BCUT2D eigenvalue weighted by Gasteiger charge is 2.16. The van der Waals surface area contributed by atoms with Crippen LogP contribution in [0.15, 0.2) is 18.2 Å². The van der Waals surface area contributed by atoms with Gasteiger partial charge in [0.2, 0.25) is 5.91 Å². The molecular weight excluding hydrogens is 385 g/mol. The molecule has 6 nitrogen and oxygen atoms in total. The summed E-state index contributed by atoms with van der Waals surface area (Å²) in [4.78, 5) is 23.6. The van der Waals surface area contributed by atoms with Gasteiger partial charge in [-0.2, -0.15) is 0 Å². The summed E-state index contributed by atoms with van der Waals surface area (Å²) in [7, 11) is 0. The van der Waals surface area contributed by atoms with Gasteiger partial charge in [0, 0.05) is 11.4 Å². The number of unbranched alkanes of at least 4 members (excludes halogenated alkanes) is 2. The van der Waals surface area contributed by atoms with E-state index in [0.29, 0.717) is 22.2 Å². The van der Waals surface area contributed by atoms with Gasteiger partial charge in [-0.05, 0) is 43.8 Å². The fraction of sp³-hybridized carbons (Fsp3) is 0.438. The van der Waals surface area contributed by atoms with Gasteiger partial charge in [-0.1, -0.05) is 43.0 Å². The Morgan fingerprint density at radius 2 is 1.96 bits per heavy atom. The third kappa shape index (κ3) is 8.38. The number of thiocarbonyl (C=S) groups is 1. The van der Waals surface area contributed by atoms with Crippen LogP contribution in [0.25, 0.3) is 0 Å². The first-order valence-electron chi connectivity index (χ1n) is 7.84. The topological polar surface area (TPSA) is 79.5 Å². The Hall–Kier alpha value is -1.57. The zero-order valence-corrected chi connectivity index (χ0v) is 16.4. The van der Waals surface area contributed by atoms with E-state index in [9.17, 15) is 9.59 Å². The molecule has 1 rings (SSSR count). The van der Waals surface area contributed by atoms with E-state index in [-0.39, 0.29) is 11.0 Å². The quantitative estimate of drug-likeness (QED) is 0.368. The first-order chi connectivity index (χ1) is 11.8. The summed E-state index contributed by atoms with van der Waals surface area (Å²) in [5.41, 5.74) is 4.83. The number of hydrazine groups is 1. The van der Waals surface area contributed by atoms with Crippen molar-refractivity contribution in [1.82, 2.24) is 16.2 Å². The van der Waals surface area contributed by atoms with Gasteiger partial charge in [-0.3, -0.25) is 20.4 Å². The Bertz CT molecular complexity index is 629. The van der Waals surface area contributed by atoms with Crippen LogP contribution in [-0.2, 0) is 9.59 Å². The Balaban J connectivity index is 2.37. The van der Waals surface area contributed by atoms with Crippen LogP contribution in [-0.4, -0.2) is 23.0 Å². The predicted octanol–water partition coefficient (Wildman–Crippen LogP) is 3.36. The molecule has 1 aromatic rings. The van der Waals surface area contributed by atoms with Crippen molar-refractivity contribution in [2.24, 2.45) is 0 Å². The van der Waals surface area contributed by atoms with Crippen LogP contribution in [0, 0.1) is 0 Å². The highest BCUT2D eigenvalue weighted by Crippen LogP contribution is 2.28. The SMILES string of the molecule is CCCCCC(=O)NC(=S)NNC(=O)[C@H](C)Oc1ccc(Cl)cc1Cl. The van der Waals surface area contributed by atoms with E-state index in [0.717, 1.165) is 19.3 Å². The third-order valence-electron chi connectivity index (χ3n) is 3.13. The van der Waals surface area contributed by atoms with Crippen molar-refractivity contribution in [2.45, 2.75) is 45.6 Å². The smallest absolute Gasteiger partial charge is 0.279 e. The molecule has 1 atom stereocenters. The van der Waals surface area contributed by atoms with Gasteiger partial charge in [0.15, 0.2) is 11.2 Å². The molecule has 9 heteroatoms. The van der Waals surface area contributed by atoms with Gasteiger partial charge >= 0.3 is 0 Å². The molecule has 0 aromatic heterocycles. The van der Waals surface area contributed by atoms with Gasteiger partial charge in [0.1, 0.15) is 5.75 Å². The monoisotopic (exact) mass is 405 g/mol. The van der Waals surface area contributed by atoms with Crippen molar-refractivity contribution in [3.05, 3.63) is 28.2 Å². The van der Waals surface area contributed by atoms with E-state index in [1.807, 2.05) is 0 Å². The molecule has 0 radical (unpaired) electrons. The van der Waals surface area contributed by atoms with Crippen molar-refractivity contribution in [1.29, 1.82) is 0 Å². The Kier molecular flexibility index (Phi) is 9.55. The molecule has 0 aliphatic heterocycles. The number of hydrogen-bond acceptors (Lipinski definition) is 4. The Morgan fingerprint density at radius 1 is 1.24 bits per heavy atom. The molecule has 0 aliphatic carbocycles. The number of halogens is 2. The van der Waals surface area contributed by atoms with Crippen LogP contribution in [0.5, 0.6) is 5.75 Å². The van der Waals surface area contributed by atoms with Crippen LogP contribution >= 0.6 is 35.4 Å². The lowest BCUT2D eigenvalue weighted by atomic mass is 10.2. The second-order valence-electron chi connectivity index (χ2n) is 5.28. The fourth-order valence-corrected chi connectivity index (χ4v) is 2.41. The standard InChI is InChI=1S/C16H21Cl2N3O3S/c1-3-4-5-6-14(22)19-16(25)21-20-15(23)10(2)24-13-8-7-11(17)9-12(13)18/h7-10H,3-6H2,1-2H3,(H,20,23)(H2,19,21,22,25)/t10-/m0/s1. The third-order valence-corrected chi connectivity index (χ3v) is 3.86. The molecular formula is C16H21Cl2N3O3S. The number of carbonyl (C=O) groups excluding carboxylic acids is 2. The van der Waals surface area contributed by atoms with Crippen LogP contribution in [0.1, 0.15) is 39.5 Å². The molecule has 2 amide bonds. The molecule has 0 unspecified atom stereocenters. The number of amides is 2. The summed E-state index contributed by atoms with van der Waals surface area (Å²) in [6.07, 6.45) is 2.35. The Morgan fingerprint density at radius 3 is 2.60 bits per heavy atom. The van der Waals surface area contributed by atoms with Crippen molar-refractivity contribution in [2.75, 3.05) is 0 Å². The minimum atomic E-state index is -0.839. The highest BCUT2D eigenvalue weighted by molar-refractivity contribution is 7.80. The normalized spacial score (nSPS) is 11.4. The van der Waals surface area contributed by atoms with Crippen LogP contribution in [0.4, 0.5) is 0 Å². The number of ether oxygens (including phenoxy) is 1. The molecule has 0 fully saturated rings. The summed E-state index contributed by atoms with van der Waals surface area (Å²) < 4.78 is 5.47. The lowest BCUT2D eigenvalue weighted by Crippen LogP contribution is -2.51. The molecule has 0 bridgehead atoms. The maximum absolute atomic E-state index is 12.0. The lowest BCUT2D eigenvalue weighted by Gasteiger charge is -2.17. The minimum absolute atomic E-state index is 0.0200. The summed E-state index contributed by atoms with van der Waals surface area (Å²) in [5.74, 6) is -0.341. The van der Waals surface area contributed by atoms with Gasteiger partial charge in [0.25, 0.3) is 5.91 Å². The second kappa shape index (κ2) is 11.1. The van der Waals surface area contributed by atoms with Crippen molar-refractivity contribution < 1.29 is 14.3 Å². The number of rotatable bonds is 7. The van der Waals surface area contributed by atoms with Crippen molar-refractivity contribution in [3.8, 4) is 5.75 Å². The van der Waals surface area contributed by atoms with Crippen LogP contribution < -0.4 is 20.9 Å². The van der Waals surface area contributed by atoms with Crippen molar-refractivity contribution >= 4 is 52.3 Å². The van der Waals surface area contributed by atoms with E-state index < -0.39 is 12.0 Å². The molecule has 0 saturated carbocycles. The average molecular weight is 406 g/mol. The molecule has 0 heterocycles. The first kappa shape index (κ1) is 21.5. The number of hydrogen-bond donors (Lipinski definition) is 3. The first-order valence-corrected chi connectivity index (χ1v) is 9.01. The maximum Gasteiger partial charge on any atom is 0.279 e. The predicted molar refractivity (Wildman–Crippen MR) is 103 cm³/mol. The molecule has 3 N–H and O–H groups in total. The summed E-state index contributed by atoms with van der Waals surface area (Å²) in [6, 6.07) is 4.70. The van der Waals surface area contributed by atoms with E-state index in [1.165, 1.54) is 6.07 Å². The van der Waals surface area contributed by atoms with E-state index in [2.05, 4.69) is 23.1 Å². The number of carbonyl (C=O) groups is 2. The zero-order chi connectivity index (χ0) is 18.8. The molecule has 0 aliphatic rings. The summed E-state index contributed by atoms with van der Waals surface area (Å²) in [5, 5.41) is 3.28. The van der Waals surface area contributed by atoms with Crippen LogP contribution in [0.2, 0.25) is 10.0 Å². The maximum atomic E-state index is 12.0. The van der Waals surface area contributed by atoms with E-state index in [1.54, 1.807) is 19.1 Å². The summed E-state index contributed by atoms with van der Waals surface area (Å²) in [6.45, 7) is 3.61. The number of benzene rings is 1. The molecule has 0 saturated heterocycles. The fourth-order valence-electron chi connectivity index (χ4n) is 1.79. The average Bonchev–Trinajstić information content (AvgIpc) is 2.55. The van der Waals surface area contributed by atoms with E-state index in [4.69, 9.17) is 40.2 Å². The molecule has 138 valence electrons. The molecule has 0 spiro atoms. The zero-order valence-electron chi connectivity index (χ0n) is 14.0. The second-order valence-corrected chi connectivity index (χ2v) is 6.54. The van der Waals surface area contributed by atoms with Gasteiger partial charge in [-0.25, -0.2) is 0 Å². The van der Waals surface area contributed by atoms with Crippen molar-refractivity contribution in [3.63, 3.8) is 0 Å². The molecule has 25 heavy (non-hydrogen) atoms. The van der Waals surface area contributed by atoms with Gasteiger partial charge < -0.3 is 10.1 Å². The Labute approximate surface area is 162 Å². The van der Waals surface area contributed by atoms with Gasteiger partial charge in [-0.15, -0.1) is 0 Å². The van der Waals surface area contributed by atoms with Crippen LogP contribution in [0.3, 0.4) is 0 Å². The summed E-state index contributed by atoms with van der Waals surface area (Å²) >= 11 is 16.7. The highest BCUT2D eigenvalue weighted by atomic mass is 35.5. The largest absolute Gasteiger partial charge is 0.479 e. The van der Waals surface area contributed by atoms with Gasteiger partial charge in [0.05, 0.1) is 5.02 Å².